The van der Waals surface area contributed by atoms with E-state index in [1.165, 1.54) is 10.4 Å². The van der Waals surface area contributed by atoms with E-state index in [0.29, 0.717) is 31.8 Å². The summed E-state index contributed by atoms with van der Waals surface area (Å²) < 4.78 is 32.8. The van der Waals surface area contributed by atoms with E-state index >= 15 is 0 Å². The van der Waals surface area contributed by atoms with Crippen LogP contribution in [-0.4, -0.2) is 51.0 Å². The molecule has 2 heterocycles. The molecule has 2 aromatic rings. The number of hydrogen-bond acceptors (Lipinski definition) is 4. The van der Waals surface area contributed by atoms with Crippen LogP contribution in [0.4, 0.5) is 5.69 Å². The van der Waals surface area contributed by atoms with Crippen molar-refractivity contribution in [2.75, 3.05) is 31.1 Å². The molecule has 0 saturated carbocycles. The molecule has 7 heteroatoms. The predicted molar refractivity (Wildman–Crippen MR) is 102 cm³/mol. The highest BCUT2D eigenvalue weighted by Crippen LogP contribution is 2.29. The molecule has 27 heavy (non-hydrogen) atoms. The van der Waals surface area contributed by atoms with Gasteiger partial charge < -0.3 is 9.64 Å². The molecule has 4 rings (SSSR count). The zero-order valence-corrected chi connectivity index (χ0v) is 16.0. The molecule has 0 radical (unpaired) electrons. The Morgan fingerprint density at radius 2 is 1.93 bits per heavy atom. The van der Waals surface area contributed by atoms with Crippen LogP contribution in [0.1, 0.15) is 22.8 Å². The fourth-order valence-corrected chi connectivity index (χ4v) is 5.19. The minimum atomic E-state index is -3.65. The van der Waals surface area contributed by atoms with E-state index in [4.69, 9.17) is 4.74 Å². The van der Waals surface area contributed by atoms with Crippen LogP contribution in [0, 0.1) is 0 Å². The lowest BCUT2D eigenvalue weighted by Crippen LogP contribution is -2.44. The zero-order valence-electron chi connectivity index (χ0n) is 15.2. The molecule has 2 aliphatic rings. The van der Waals surface area contributed by atoms with Gasteiger partial charge in [0.15, 0.2) is 0 Å². The van der Waals surface area contributed by atoms with E-state index in [-0.39, 0.29) is 16.9 Å². The van der Waals surface area contributed by atoms with E-state index in [2.05, 4.69) is 0 Å². The topological polar surface area (TPSA) is 66.9 Å². The van der Waals surface area contributed by atoms with Crippen LogP contribution in [-0.2, 0) is 21.2 Å². The zero-order chi connectivity index (χ0) is 19.0. The maximum Gasteiger partial charge on any atom is 0.258 e. The number of ether oxygens (including phenoxy) is 1. The number of carbonyl (C=O) groups is 1. The summed E-state index contributed by atoms with van der Waals surface area (Å²) in [6, 6.07) is 14.1. The maximum atomic E-state index is 13.0. The van der Waals surface area contributed by atoms with Crippen molar-refractivity contribution in [3.8, 4) is 0 Å². The van der Waals surface area contributed by atoms with Gasteiger partial charge in [0.05, 0.1) is 17.6 Å². The fraction of sp³-hybridized carbons (Fsp3) is 0.350. The number of anilines is 1. The van der Waals surface area contributed by atoms with Gasteiger partial charge in [0.25, 0.3) is 5.91 Å². The van der Waals surface area contributed by atoms with Crippen molar-refractivity contribution in [1.82, 2.24) is 4.31 Å². The number of hydrogen-bond donors (Lipinski definition) is 0. The Labute approximate surface area is 159 Å². The number of rotatable bonds is 3. The van der Waals surface area contributed by atoms with Crippen LogP contribution in [0.15, 0.2) is 53.4 Å². The summed E-state index contributed by atoms with van der Waals surface area (Å²) in [4.78, 5) is 14.9. The SMILES string of the molecule is CC1CN(S(=O)(=O)c2cccc(C(=O)N3CCc4ccccc43)c2)CCO1. The van der Waals surface area contributed by atoms with Crippen LogP contribution in [0.2, 0.25) is 0 Å². The third-order valence-electron chi connectivity index (χ3n) is 5.05. The molecule has 2 aliphatic heterocycles. The van der Waals surface area contributed by atoms with Crippen molar-refractivity contribution < 1.29 is 17.9 Å². The van der Waals surface area contributed by atoms with Crippen LogP contribution in [0.3, 0.4) is 0 Å². The summed E-state index contributed by atoms with van der Waals surface area (Å²) in [5, 5.41) is 0. The molecule has 0 aliphatic carbocycles. The molecule has 6 nitrogen and oxygen atoms in total. The number of nitrogens with zero attached hydrogens (tertiary/aromatic N) is 2. The highest BCUT2D eigenvalue weighted by Gasteiger charge is 2.30. The third-order valence-corrected chi connectivity index (χ3v) is 6.92. The second-order valence-electron chi connectivity index (χ2n) is 6.91. The highest BCUT2D eigenvalue weighted by molar-refractivity contribution is 7.89. The van der Waals surface area contributed by atoms with E-state index < -0.39 is 10.0 Å². The van der Waals surface area contributed by atoms with Gasteiger partial charge in [-0.2, -0.15) is 4.31 Å². The molecule has 0 N–H and O–H groups in total. The Hall–Kier alpha value is -2.22. The summed E-state index contributed by atoms with van der Waals surface area (Å²) in [5.74, 6) is -0.174. The first kappa shape index (κ1) is 18.2. The summed E-state index contributed by atoms with van der Waals surface area (Å²) in [6.45, 7) is 3.48. The molecular formula is C20H22N2O4S. The number of benzene rings is 2. The molecule has 0 spiro atoms. The largest absolute Gasteiger partial charge is 0.376 e. The third kappa shape index (κ3) is 3.38. The first-order valence-corrected chi connectivity index (χ1v) is 10.5. The van der Waals surface area contributed by atoms with Gasteiger partial charge in [-0.25, -0.2) is 8.42 Å². The molecule has 0 aromatic heterocycles. The Bertz CT molecular complexity index is 973. The fourth-order valence-electron chi connectivity index (χ4n) is 3.65. The number of morpholine rings is 1. The molecule has 0 bridgehead atoms. The summed E-state index contributed by atoms with van der Waals surface area (Å²) in [5.41, 5.74) is 2.42. The lowest BCUT2D eigenvalue weighted by atomic mass is 10.1. The van der Waals surface area contributed by atoms with E-state index in [9.17, 15) is 13.2 Å². The van der Waals surface area contributed by atoms with Gasteiger partial charge >= 0.3 is 0 Å². The second-order valence-corrected chi connectivity index (χ2v) is 8.85. The first-order valence-electron chi connectivity index (χ1n) is 9.08. The van der Waals surface area contributed by atoms with Crippen molar-refractivity contribution >= 4 is 21.6 Å². The van der Waals surface area contributed by atoms with Crippen molar-refractivity contribution in [3.63, 3.8) is 0 Å². The average Bonchev–Trinajstić information content (AvgIpc) is 3.11. The van der Waals surface area contributed by atoms with Gasteiger partial charge in [-0.15, -0.1) is 0 Å². The van der Waals surface area contributed by atoms with E-state index in [0.717, 1.165) is 17.7 Å². The van der Waals surface area contributed by atoms with Gasteiger partial charge in [0.2, 0.25) is 10.0 Å². The lowest BCUT2D eigenvalue weighted by molar-refractivity contribution is 0.0102. The number of para-hydroxylation sites is 1. The Kier molecular flexibility index (Phi) is 4.75. The van der Waals surface area contributed by atoms with Crippen LogP contribution >= 0.6 is 0 Å². The van der Waals surface area contributed by atoms with Crippen molar-refractivity contribution in [3.05, 3.63) is 59.7 Å². The molecule has 1 amide bonds. The number of carbonyl (C=O) groups excluding carboxylic acids is 1. The minimum absolute atomic E-state index is 0.139. The number of sulfonamides is 1. The van der Waals surface area contributed by atoms with Gasteiger partial charge in [-0.3, -0.25) is 4.79 Å². The molecular weight excluding hydrogens is 364 g/mol. The van der Waals surface area contributed by atoms with Gasteiger partial charge in [0, 0.05) is 30.9 Å². The van der Waals surface area contributed by atoms with Crippen LogP contribution in [0.5, 0.6) is 0 Å². The van der Waals surface area contributed by atoms with E-state index in [1.807, 2.05) is 31.2 Å². The second kappa shape index (κ2) is 7.07. The average molecular weight is 386 g/mol. The predicted octanol–water partition coefficient (Wildman–Crippen LogP) is 2.30. The molecule has 2 aromatic carbocycles. The van der Waals surface area contributed by atoms with Crippen molar-refractivity contribution in [2.45, 2.75) is 24.3 Å². The normalized spacial score (nSPS) is 20.5. The smallest absolute Gasteiger partial charge is 0.258 e. The molecule has 1 saturated heterocycles. The highest BCUT2D eigenvalue weighted by atomic mass is 32.2. The summed E-state index contributed by atoms with van der Waals surface area (Å²) in [7, 11) is -3.65. The summed E-state index contributed by atoms with van der Waals surface area (Å²) in [6.07, 6.45) is 0.672. The van der Waals surface area contributed by atoms with Crippen LogP contribution in [0.25, 0.3) is 0 Å². The van der Waals surface area contributed by atoms with Gasteiger partial charge in [-0.1, -0.05) is 24.3 Å². The monoisotopic (exact) mass is 386 g/mol. The van der Waals surface area contributed by atoms with Gasteiger partial charge in [-0.05, 0) is 43.2 Å². The van der Waals surface area contributed by atoms with Crippen molar-refractivity contribution in [1.29, 1.82) is 0 Å². The van der Waals surface area contributed by atoms with Crippen molar-refractivity contribution in [2.24, 2.45) is 0 Å². The Balaban J connectivity index is 1.62. The maximum absolute atomic E-state index is 13.0. The molecule has 1 unspecified atom stereocenters. The summed E-state index contributed by atoms with van der Waals surface area (Å²) >= 11 is 0. The molecule has 1 fully saturated rings. The molecule has 142 valence electrons. The molecule has 1 atom stereocenters. The van der Waals surface area contributed by atoms with Gasteiger partial charge in [0.1, 0.15) is 0 Å². The Morgan fingerprint density at radius 1 is 1.11 bits per heavy atom. The minimum Gasteiger partial charge on any atom is -0.376 e. The standard InChI is InChI=1S/C20H22N2O4S/c1-15-14-21(11-12-26-15)27(24,25)18-7-4-6-17(13-18)20(23)22-10-9-16-5-2-3-8-19(16)22/h2-8,13,15H,9-12,14H2,1H3. The van der Waals surface area contributed by atoms with Crippen LogP contribution < -0.4 is 4.90 Å². The Morgan fingerprint density at radius 3 is 2.74 bits per heavy atom. The quantitative estimate of drug-likeness (QED) is 0.812. The van der Waals surface area contributed by atoms with E-state index in [1.54, 1.807) is 23.1 Å². The first-order chi connectivity index (χ1) is 13.0. The number of amides is 1. The number of fused-ring (bicyclic) bond motifs is 1. The lowest BCUT2D eigenvalue weighted by Gasteiger charge is -2.30.